The van der Waals surface area contributed by atoms with Gasteiger partial charge in [0.1, 0.15) is 12.3 Å². The lowest BCUT2D eigenvalue weighted by Gasteiger charge is -2.19. The maximum atomic E-state index is 11.8. The number of aliphatic hydroxyl groups is 1. The number of hydrogen-bond acceptors (Lipinski definition) is 10. The van der Waals surface area contributed by atoms with E-state index in [-0.39, 0.29) is 10.9 Å². The van der Waals surface area contributed by atoms with Crippen LogP contribution in [0, 0.1) is 0 Å². The smallest absolute Gasteiger partial charge is 0.390 e. The van der Waals surface area contributed by atoms with Crippen LogP contribution >= 0.6 is 39.4 Å². The molecule has 0 bridgehead atoms. The molecule has 1 aromatic rings. The van der Waals surface area contributed by atoms with Gasteiger partial charge in [-0.05, 0) is 15.9 Å². The van der Waals surface area contributed by atoms with Gasteiger partial charge in [0.05, 0.1) is 17.2 Å². The average molecular weight is 547 g/mol. The Labute approximate surface area is 168 Å². The van der Waals surface area contributed by atoms with Crippen LogP contribution in [0.15, 0.2) is 20.3 Å². The topological polar surface area (TPSA) is 244 Å². The summed E-state index contributed by atoms with van der Waals surface area (Å²) in [6.45, 7) is -0.888. The van der Waals surface area contributed by atoms with Gasteiger partial charge >= 0.3 is 29.2 Å². The molecule has 0 saturated carbocycles. The molecule has 0 aromatic carbocycles. The molecule has 6 N–H and O–H groups in total. The molecular weight excluding hydrogens is 533 g/mol. The van der Waals surface area contributed by atoms with Crippen LogP contribution in [0.1, 0.15) is 12.6 Å². The molecule has 16 nitrogen and oxygen atoms in total. The van der Waals surface area contributed by atoms with Crippen LogP contribution in [0.2, 0.25) is 0 Å². The summed E-state index contributed by atoms with van der Waals surface area (Å²) in [5.74, 6) is 0. The third-order valence-electron chi connectivity index (χ3n) is 3.26. The minimum Gasteiger partial charge on any atom is -0.390 e. The second-order valence-corrected chi connectivity index (χ2v) is 10.7. The molecule has 5 atom stereocenters. The van der Waals surface area contributed by atoms with Gasteiger partial charge < -0.3 is 29.4 Å². The number of halogens is 1. The van der Waals surface area contributed by atoms with E-state index < -0.39 is 59.8 Å². The van der Waals surface area contributed by atoms with Gasteiger partial charge in [0.15, 0.2) is 0 Å². The Bertz CT molecular complexity index is 1020. The second kappa shape index (κ2) is 8.93. The highest BCUT2D eigenvalue weighted by Gasteiger charge is 2.42. The van der Waals surface area contributed by atoms with E-state index in [1.54, 1.807) is 0 Å². The molecule has 29 heavy (non-hydrogen) atoms. The van der Waals surface area contributed by atoms with E-state index in [1.807, 2.05) is 4.98 Å². The van der Waals surface area contributed by atoms with Crippen molar-refractivity contribution in [3.8, 4) is 0 Å². The first kappa shape index (κ1) is 24.8. The molecule has 166 valence electrons. The Morgan fingerprint density at radius 1 is 1.17 bits per heavy atom. The van der Waals surface area contributed by atoms with E-state index in [9.17, 15) is 33.3 Å². The number of nitrogens with one attached hydrogen (secondary N) is 1. The van der Waals surface area contributed by atoms with E-state index >= 15 is 0 Å². The number of aromatic amines is 1. The normalized spacial score (nSPS) is 26.8. The number of aliphatic hydroxyl groups excluding tert-OH is 1. The number of phosphoric acid groups is 3. The van der Waals surface area contributed by atoms with Gasteiger partial charge in [0, 0.05) is 12.6 Å². The highest BCUT2D eigenvalue weighted by Crippen LogP contribution is 2.66. The molecule has 0 amide bonds. The first-order chi connectivity index (χ1) is 13.1. The van der Waals surface area contributed by atoms with E-state index in [0.717, 1.165) is 10.8 Å². The van der Waals surface area contributed by atoms with Gasteiger partial charge in [-0.15, -0.1) is 0 Å². The Morgan fingerprint density at radius 3 is 2.38 bits per heavy atom. The zero-order chi connectivity index (χ0) is 22.2. The van der Waals surface area contributed by atoms with E-state index in [1.165, 1.54) is 0 Å². The predicted octanol–water partition coefficient (Wildman–Crippen LogP) is -0.709. The number of H-pyrrole nitrogens is 1. The fourth-order valence-corrected chi connectivity index (χ4v) is 5.53. The molecule has 2 rings (SSSR count). The summed E-state index contributed by atoms with van der Waals surface area (Å²) in [5.41, 5.74) is -1.56. The molecule has 0 spiro atoms. The predicted molar refractivity (Wildman–Crippen MR) is 93.4 cm³/mol. The maximum absolute atomic E-state index is 11.8. The summed E-state index contributed by atoms with van der Waals surface area (Å²) in [7, 11) is -16.6. The summed E-state index contributed by atoms with van der Waals surface area (Å²) in [6.07, 6.45) is -2.83. The molecule has 1 aliphatic heterocycles. The number of nitrogens with zero attached hydrogens (tertiary/aromatic N) is 1. The third kappa shape index (κ3) is 7.29. The Hall–Kier alpha value is -0.510. The van der Waals surface area contributed by atoms with Gasteiger partial charge in [-0.1, -0.05) is 0 Å². The summed E-state index contributed by atoms with van der Waals surface area (Å²) >= 11 is 2.91. The van der Waals surface area contributed by atoms with E-state index in [4.69, 9.17) is 19.4 Å². The van der Waals surface area contributed by atoms with Crippen molar-refractivity contribution >= 4 is 39.4 Å². The standard InChI is InChI=1S/C9H14BrN2O14P3/c10-4-2-12(9(15)11-8(4)14)7-1-5(13)6(24-7)3-23-28(19,20)26-29(21,22)25-27(16,17)18/h2,5-7,13H,1,3H2,(H,19,20)(H,21,22)(H,11,14,15)(H2,16,17,18). The summed E-state index contributed by atoms with van der Waals surface area (Å²) in [4.78, 5) is 60.5. The van der Waals surface area contributed by atoms with Crippen molar-refractivity contribution in [2.24, 2.45) is 0 Å². The Morgan fingerprint density at radius 2 is 1.79 bits per heavy atom. The molecule has 1 saturated heterocycles. The minimum absolute atomic E-state index is 0.00750. The number of rotatable bonds is 8. The summed E-state index contributed by atoms with van der Waals surface area (Å²) in [6, 6.07) is 0. The monoisotopic (exact) mass is 546 g/mol. The lowest BCUT2D eigenvalue weighted by molar-refractivity contribution is -0.0450. The maximum Gasteiger partial charge on any atom is 0.490 e. The zero-order valence-corrected chi connectivity index (χ0v) is 18.1. The molecule has 0 radical (unpaired) electrons. The van der Waals surface area contributed by atoms with E-state index in [2.05, 4.69) is 29.1 Å². The van der Waals surface area contributed by atoms with Crippen LogP contribution in [0.25, 0.3) is 0 Å². The van der Waals surface area contributed by atoms with Gasteiger partial charge in [-0.2, -0.15) is 8.62 Å². The summed E-state index contributed by atoms with van der Waals surface area (Å²) < 4.78 is 51.2. The lowest BCUT2D eigenvalue weighted by atomic mass is 10.2. The Balaban J connectivity index is 2.03. The van der Waals surface area contributed by atoms with Crippen molar-refractivity contribution in [1.82, 2.24) is 9.55 Å². The number of hydrogen-bond donors (Lipinski definition) is 6. The average Bonchev–Trinajstić information content (AvgIpc) is 2.86. The van der Waals surface area contributed by atoms with Crippen LogP contribution in [0.4, 0.5) is 0 Å². The second-order valence-electron chi connectivity index (χ2n) is 5.46. The molecule has 5 unspecified atom stereocenters. The molecule has 20 heteroatoms. The molecule has 1 aliphatic rings. The third-order valence-corrected chi connectivity index (χ3v) is 7.62. The number of ether oxygens (including phenoxy) is 1. The molecular formula is C9H14BrN2O14P3. The van der Waals surface area contributed by atoms with Crippen LogP contribution in [-0.4, -0.2) is 53.0 Å². The fourth-order valence-electron chi connectivity index (χ4n) is 2.18. The van der Waals surface area contributed by atoms with Crippen LogP contribution < -0.4 is 11.2 Å². The van der Waals surface area contributed by atoms with Crippen LogP contribution in [-0.2, 0) is 31.6 Å². The van der Waals surface area contributed by atoms with Gasteiger partial charge in [0.25, 0.3) is 5.56 Å². The van der Waals surface area contributed by atoms with Crippen molar-refractivity contribution in [1.29, 1.82) is 0 Å². The van der Waals surface area contributed by atoms with Crippen molar-refractivity contribution < 1.29 is 56.3 Å². The van der Waals surface area contributed by atoms with Gasteiger partial charge in [0.2, 0.25) is 0 Å². The van der Waals surface area contributed by atoms with Crippen molar-refractivity contribution in [3.63, 3.8) is 0 Å². The highest BCUT2D eigenvalue weighted by atomic mass is 79.9. The summed E-state index contributed by atoms with van der Waals surface area (Å²) in [5, 5.41) is 9.97. The molecule has 1 aromatic heterocycles. The number of aromatic nitrogens is 2. The molecule has 1 fully saturated rings. The first-order valence-electron chi connectivity index (χ1n) is 7.21. The van der Waals surface area contributed by atoms with Crippen molar-refractivity contribution in [2.75, 3.05) is 6.61 Å². The molecule has 2 heterocycles. The van der Waals surface area contributed by atoms with Gasteiger partial charge in [-0.3, -0.25) is 18.9 Å². The fraction of sp³-hybridized carbons (Fsp3) is 0.556. The SMILES string of the molecule is O=c1[nH]c(=O)n(C2CC(O)C(COP(=O)(O)OP(=O)(O)OP(=O)(O)O)O2)cc1Br. The lowest BCUT2D eigenvalue weighted by Crippen LogP contribution is -2.32. The highest BCUT2D eigenvalue weighted by molar-refractivity contribution is 9.10. The number of phosphoric ester groups is 1. The molecule has 0 aliphatic carbocycles. The van der Waals surface area contributed by atoms with Gasteiger partial charge in [-0.25, -0.2) is 18.5 Å². The van der Waals surface area contributed by atoms with E-state index in [0.29, 0.717) is 0 Å². The van der Waals surface area contributed by atoms with Crippen molar-refractivity contribution in [2.45, 2.75) is 24.9 Å². The minimum atomic E-state index is -5.68. The first-order valence-corrected chi connectivity index (χ1v) is 12.5. The largest absolute Gasteiger partial charge is 0.490 e. The zero-order valence-electron chi connectivity index (χ0n) is 13.8. The van der Waals surface area contributed by atoms with Crippen molar-refractivity contribution in [3.05, 3.63) is 31.5 Å². The van der Waals surface area contributed by atoms with Crippen LogP contribution in [0.5, 0.6) is 0 Å². The quantitative estimate of drug-likeness (QED) is 0.220. The van der Waals surface area contributed by atoms with Crippen LogP contribution in [0.3, 0.4) is 0 Å². The Kier molecular flexibility index (Phi) is 7.62.